The minimum absolute atomic E-state index is 0.0317. The molecule has 41 heavy (non-hydrogen) atoms. The van der Waals surface area contributed by atoms with Gasteiger partial charge in [-0.05, 0) is 69.6 Å². The maximum atomic E-state index is 14.5. The van der Waals surface area contributed by atoms with Crippen LogP contribution in [0.25, 0.3) is 0 Å². The van der Waals surface area contributed by atoms with Crippen LogP contribution in [0.5, 0.6) is 17.2 Å². The molecule has 228 valence electrons. The average molecular weight is 572 g/mol. The molecule has 0 spiro atoms. The third-order valence-electron chi connectivity index (χ3n) is 8.06. The van der Waals surface area contributed by atoms with Crippen molar-refractivity contribution < 1.29 is 33.3 Å². The molecule has 8 heteroatoms. The summed E-state index contributed by atoms with van der Waals surface area (Å²) >= 11 is 0. The van der Waals surface area contributed by atoms with E-state index >= 15 is 0 Å². The molecule has 1 aromatic rings. The molecule has 0 N–H and O–H groups in total. The van der Waals surface area contributed by atoms with Gasteiger partial charge in [-0.15, -0.1) is 13.2 Å². The van der Waals surface area contributed by atoms with Crippen molar-refractivity contribution >= 4 is 11.9 Å². The molecule has 3 rings (SSSR count). The lowest BCUT2D eigenvalue weighted by molar-refractivity contribution is -0.161. The minimum Gasteiger partial charge on any atom is -0.493 e. The van der Waals surface area contributed by atoms with Crippen LogP contribution < -0.4 is 14.2 Å². The van der Waals surface area contributed by atoms with Crippen molar-refractivity contribution in [2.24, 2.45) is 5.92 Å². The molecule has 8 nitrogen and oxygen atoms in total. The number of likely N-dealkylation sites (tertiary alicyclic amines) is 1. The molecule has 1 heterocycles. The van der Waals surface area contributed by atoms with Crippen LogP contribution in [-0.2, 0) is 19.1 Å². The number of methoxy groups -OCH3 is 2. The molecule has 4 atom stereocenters. The fraction of sp³-hybridized carbons (Fsp3) is 0.636. The van der Waals surface area contributed by atoms with Gasteiger partial charge >= 0.3 is 5.97 Å². The van der Waals surface area contributed by atoms with Crippen LogP contribution in [0.1, 0.15) is 83.1 Å². The molecule has 0 unspecified atom stereocenters. The first kappa shape index (κ1) is 32.5. The molecule has 1 saturated heterocycles. The summed E-state index contributed by atoms with van der Waals surface area (Å²) < 4.78 is 29.0. The normalized spacial score (nSPS) is 19.9. The number of nitrogens with zero attached hydrogens (tertiary/aromatic N) is 1. The van der Waals surface area contributed by atoms with Gasteiger partial charge in [-0.3, -0.25) is 4.79 Å². The van der Waals surface area contributed by atoms with Gasteiger partial charge in [0.1, 0.15) is 18.8 Å². The highest BCUT2D eigenvalue weighted by atomic mass is 16.6. The summed E-state index contributed by atoms with van der Waals surface area (Å²) in [4.78, 5) is 29.6. The van der Waals surface area contributed by atoms with E-state index in [2.05, 4.69) is 13.2 Å². The van der Waals surface area contributed by atoms with Gasteiger partial charge in [-0.2, -0.15) is 0 Å². The Morgan fingerprint density at radius 3 is 2.32 bits per heavy atom. The second kappa shape index (κ2) is 16.4. The van der Waals surface area contributed by atoms with E-state index in [-0.39, 0.29) is 30.0 Å². The number of carbonyl (C=O) groups is 2. The number of hydrogen-bond acceptors (Lipinski definition) is 7. The maximum absolute atomic E-state index is 14.5. The van der Waals surface area contributed by atoms with Crippen LogP contribution in [0.3, 0.4) is 0 Å². The Hall–Kier alpha value is -3.00. The van der Waals surface area contributed by atoms with E-state index in [4.69, 9.17) is 23.7 Å². The lowest BCUT2D eigenvalue weighted by Crippen LogP contribution is -2.51. The zero-order chi connectivity index (χ0) is 29.8. The van der Waals surface area contributed by atoms with Gasteiger partial charge < -0.3 is 28.6 Å². The second-order valence-electron chi connectivity index (χ2n) is 11.2. The number of rotatable bonds is 15. The number of carbonyl (C=O) groups excluding carboxylic acids is 2. The first-order valence-electron chi connectivity index (χ1n) is 15.1. The Morgan fingerprint density at radius 1 is 0.951 bits per heavy atom. The first-order valence-corrected chi connectivity index (χ1v) is 15.1. The van der Waals surface area contributed by atoms with Crippen LogP contribution >= 0.6 is 0 Å². The highest BCUT2D eigenvalue weighted by Gasteiger charge is 2.41. The van der Waals surface area contributed by atoms with Crippen molar-refractivity contribution in [3.05, 3.63) is 43.0 Å². The topological polar surface area (TPSA) is 83.5 Å². The van der Waals surface area contributed by atoms with E-state index in [1.54, 1.807) is 31.3 Å². The Labute approximate surface area is 246 Å². The Morgan fingerprint density at radius 2 is 1.66 bits per heavy atom. The number of ether oxygens (including phenoxy) is 5. The number of amides is 1. The summed E-state index contributed by atoms with van der Waals surface area (Å²) in [7, 11) is 3.16. The van der Waals surface area contributed by atoms with Crippen molar-refractivity contribution in [3.63, 3.8) is 0 Å². The van der Waals surface area contributed by atoms with Gasteiger partial charge in [0, 0.05) is 13.0 Å². The Bertz CT molecular complexity index is 1020. The lowest BCUT2D eigenvalue weighted by Gasteiger charge is -2.39. The summed E-state index contributed by atoms with van der Waals surface area (Å²) in [6, 6.07) is 3.21. The molecule has 0 radical (unpaired) electrons. The second-order valence-corrected chi connectivity index (χ2v) is 11.2. The summed E-state index contributed by atoms with van der Waals surface area (Å²) in [6.45, 7) is 12.5. The van der Waals surface area contributed by atoms with Crippen molar-refractivity contribution in [3.8, 4) is 17.2 Å². The molecule has 1 aromatic carbocycles. The highest BCUT2D eigenvalue weighted by molar-refractivity contribution is 5.89. The van der Waals surface area contributed by atoms with E-state index in [0.29, 0.717) is 49.8 Å². The quantitative estimate of drug-likeness (QED) is 0.182. The van der Waals surface area contributed by atoms with Crippen molar-refractivity contribution in [1.82, 2.24) is 4.90 Å². The van der Waals surface area contributed by atoms with Crippen LogP contribution in [0.2, 0.25) is 0 Å². The van der Waals surface area contributed by atoms with Crippen molar-refractivity contribution in [1.29, 1.82) is 0 Å². The first-order chi connectivity index (χ1) is 19.8. The van der Waals surface area contributed by atoms with E-state index in [9.17, 15) is 9.59 Å². The molecular formula is C33H49NO7. The maximum Gasteiger partial charge on any atom is 0.329 e. The van der Waals surface area contributed by atoms with E-state index in [0.717, 1.165) is 44.1 Å². The monoisotopic (exact) mass is 571 g/mol. The molecule has 1 aliphatic carbocycles. The third kappa shape index (κ3) is 8.74. The van der Waals surface area contributed by atoms with Crippen molar-refractivity contribution in [2.45, 2.75) is 95.8 Å². The number of esters is 1. The number of piperidine rings is 1. The van der Waals surface area contributed by atoms with Crippen LogP contribution in [0, 0.1) is 5.92 Å². The number of hydrogen-bond donors (Lipinski definition) is 0. The highest BCUT2D eigenvalue weighted by Crippen LogP contribution is 2.45. The van der Waals surface area contributed by atoms with Crippen molar-refractivity contribution in [2.75, 3.05) is 34.0 Å². The van der Waals surface area contributed by atoms with Gasteiger partial charge in [0.25, 0.3) is 0 Å². The molecule has 0 aromatic heterocycles. The summed E-state index contributed by atoms with van der Waals surface area (Å²) in [5.41, 5.74) is 0.812. The molecule has 1 aliphatic heterocycles. The molecule has 2 fully saturated rings. The fourth-order valence-electron chi connectivity index (χ4n) is 5.99. The predicted octanol–water partition coefficient (Wildman–Crippen LogP) is 6.23. The zero-order valence-corrected chi connectivity index (χ0v) is 25.4. The Kier molecular flexibility index (Phi) is 13.0. The summed E-state index contributed by atoms with van der Waals surface area (Å²) in [5.74, 6) is 0.813. The van der Waals surface area contributed by atoms with Gasteiger partial charge in [-0.25, -0.2) is 4.79 Å². The standard InChI is InChI=1S/C33H49NO7/c1-7-14-23(3)41-33(36)27-17-12-13-18-34(27)32(35)30(25-15-10-9-11-16-25)26-20-28(37-5)31(38-6)29(21-26)40-22-24(4)39-19-8-2/h7-8,20-21,23-25,27,30H,1-2,9-19,22H2,3-6H3/t23-,24-,27+,30+/m1/s1. The third-order valence-corrected chi connectivity index (χ3v) is 8.06. The number of benzene rings is 1. The van der Waals surface area contributed by atoms with Crippen LogP contribution in [-0.4, -0.2) is 69.0 Å². The van der Waals surface area contributed by atoms with Crippen LogP contribution in [0.4, 0.5) is 0 Å². The fourth-order valence-corrected chi connectivity index (χ4v) is 5.99. The molecule has 1 amide bonds. The molecule has 2 aliphatic rings. The van der Waals surface area contributed by atoms with E-state index in [1.807, 2.05) is 26.0 Å². The molecular weight excluding hydrogens is 522 g/mol. The van der Waals surface area contributed by atoms with Gasteiger partial charge in [0.15, 0.2) is 11.5 Å². The van der Waals surface area contributed by atoms with Gasteiger partial charge in [-0.1, -0.05) is 31.4 Å². The molecule has 1 saturated carbocycles. The van der Waals surface area contributed by atoms with E-state index < -0.39 is 12.0 Å². The average Bonchev–Trinajstić information content (AvgIpc) is 2.99. The predicted molar refractivity (Wildman–Crippen MR) is 160 cm³/mol. The van der Waals surface area contributed by atoms with Crippen LogP contribution in [0.15, 0.2) is 37.4 Å². The lowest BCUT2D eigenvalue weighted by atomic mass is 9.75. The molecule has 0 bridgehead atoms. The minimum atomic E-state index is -0.590. The Balaban J connectivity index is 1.98. The zero-order valence-electron chi connectivity index (χ0n) is 25.4. The van der Waals surface area contributed by atoms with E-state index in [1.165, 1.54) is 6.42 Å². The summed E-state index contributed by atoms with van der Waals surface area (Å²) in [5, 5.41) is 0. The van der Waals surface area contributed by atoms with Gasteiger partial charge in [0.05, 0.1) is 32.8 Å². The SMILES string of the molecule is C=CCO[C@H](C)COc1cc([C@@H](C(=O)N2CCCC[C@H]2C(=O)O[C@H](C)CC=C)C2CCCCC2)cc(OC)c1OC. The smallest absolute Gasteiger partial charge is 0.329 e. The largest absolute Gasteiger partial charge is 0.493 e. The summed E-state index contributed by atoms with van der Waals surface area (Å²) in [6.07, 6.45) is 11.1. The van der Waals surface area contributed by atoms with Gasteiger partial charge in [0.2, 0.25) is 11.7 Å².